The predicted octanol–water partition coefficient (Wildman–Crippen LogP) is 1.99. The molecule has 0 aliphatic rings. The Hall–Kier alpha value is -3.94. The molecule has 8 heteroatoms. The molecule has 0 bridgehead atoms. The minimum absolute atomic E-state index is 0.00518. The Morgan fingerprint density at radius 1 is 0.786 bits per heavy atom. The molecule has 0 aliphatic heterocycles. The first kappa shape index (κ1) is 20.4. The van der Waals surface area contributed by atoms with Crippen LogP contribution in [-0.2, 0) is 9.59 Å². The van der Waals surface area contributed by atoms with Crippen LogP contribution in [0.2, 0.25) is 0 Å². The predicted molar refractivity (Wildman–Crippen MR) is 104 cm³/mol. The monoisotopic (exact) mass is 384 g/mol. The van der Waals surface area contributed by atoms with Crippen LogP contribution in [0.3, 0.4) is 0 Å². The summed E-state index contributed by atoms with van der Waals surface area (Å²) >= 11 is 0. The van der Waals surface area contributed by atoms with Crippen LogP contribution in [0.25, 0.3) is 12.2 Å². The average molecular weight is 384 g/mol. The van der Waals surface area contributed by atoms with Crippen LogP contribution in [0.5, 0.6) is 23.0 Å². The number of phenols is 2. The number of aromatic hydroxyl groups is 2. The van der Waals surface area contributed by atoms with Gasteiger partial charge in [-0.15, -0.1) is 0 Å². The second kappa shape index (κ2) is 9.67. The van der Waals surface area contributed by atoms with Crippen LogP contribution in [0.4, 0.5) is 0 Å². The van der Waals surface area contributed by atoms with Crippen molar-refractivity contribution in [3.05, 3.63) is 59.7 Å². The number of amides is 2. The molecule has 28 heavy (non-hydrogen) atoms. The first-order valence-corrected chi connectivity index (χ1v) is 8.13. The highest BCUT2D eigenvalue weighted by Gasteiger charge is 2.03. The van der Waals surface area contributed by atoms with E-state index < -0.39 is 11.8 Å². The molecular formula is C20H20N2O6. The minimum atomic E-state index is -0.542. The van der Waals surface area contributed by atoms with E-state index in [1.165, 1.54) is 50.7 Å². The number of nitrogens with one attached hydrogen (secondary N) is 2. The number of hydrazine groups is 1. The van der Waals surface area contributed by atoms with Gasteiger partial charge in [-0.1, -0.05) is 12.1 Å². The number of carbonyl (C=O) groups excluding carboxylic acids is 2. The smallest absolute Gasteiger partial charge is 0.262 e. The lowest BCUT2D eigenvalue weighted by Gasteiger charge is -2.05. The number of benzene rings is 2. The Kier molecular flexibility index (Phi) is 7.04. The van der Waals surface area contributed by atoms with Crippen molar-refractivity contribution < 1.29 is 29.3 Å². The summed E-state index contributed by atoms with van der Waals surface area (Å²) < 4.78 is 9.97. The van der Waals surface area contributed by atoms with Gasteiger partial charge < -0.3 is 19.7 Å². The van der Waals surface area contributed by atoms with Crippen molar-refractivity contribution in [2.24, 2.45) is 0 Å². The van der Waals surface area contributed by atoms with Crippen LogP contribution >= 0.6 is 0 Å². The molecule has 0 aromatic heterocycles. The Labute approximate surface area is 161 Å². The van der Waals surface area contributed by atoms with E-state index in [2.05, 4.69) is 10.9 Å². The Morgan fingerprint density at radius 2 is 1.18 bits per heavy atom. The lowest BCUT2D eigenvalue weighted by atomic mass is 10.2. The van der Waals surface area contributed by atoms with E-state index in [4.69, 9.17) is 9.47 Å². The number of hydrogen-bond donors (Lipinski definition) is 4. The van der Waals surface area contributed by atoms with Gasteiger partial charge in [-0.2, -0.15) is 0 Å². The van der Waals surface area contributed by atoms with Crippen LogP contribution in [-0.4, -0.2) is 36.2 Å². The fourth-order valence-corrected chi connectivity index (χ4v) is 2.15. The van der Waals surface area contributed by atoms with E-state index in [9.17, 15) is 19.8 Å². The summed E-state index contributed by atoms with van der Waals surface area (Å²) in [5.41, 5.74) is 5.75. The third-order valence-corrected chi connectivity index (χ3v) is 3.57. The second-order valence-electron chi connectivity index (χ2n) is 5.51. The summed E-state index contributed by atoms with van der Waals surface area (Å²) in [4.78, 5) is 23.6. The summed E-state index contributed by atoms with van der Waals surface area (Å²) in [5.74, 6) is -0.525. The van der Waals surface area contributed by atoms with Crippen molar-refractivity contribution in [3.63, 3.8) is 0 Å². The van der Waals surface area contributed by atoms with Crippen molar-refractivity contribution in [1.82, 2.24) is 10.9 Å². The number of rotatable bonds is 6. The third kappa shape index (κ3) is 5.80. The van der Waals surface area contributed by atoms with Crippen LogP contribution in [0.1, 0.15) is 11.1 Å². The summed E-state index contributed by atoms with van der Waals surface area (Å²) in [6, 6.07) is 9.23. The van der Waals surface area contributed by atoms with E-state index in [1.54, 1.807) is 24.3 Å². The van der Waals surface area contributed by atoms with Gasteiger partial charge in [0.25, 0.3) is 11.8 Å². The highest BCUT2D eigenvalue weighted by Crippen LogP contribution is 2.27. The van der Waals surface area contributed by atoms with Gasteiger partial charge in [0.2, 0.25) is 0 Å². The Morgan fingerprint density at radius 3 is 1.54 bits per heavy atom. The lowest BCUT2D eigenvalue weighted by molar-refractivity contribution is -0.123. The maximum absolute atomic E-state index is 11.8. The van der Waals surface area contributed by atoms with E-state index >= 15 is 0 Å². The number of methoxy groups -OCH3 is 2. The van der Waals surface area contributed by atoms with Crippen molar-refractivity contribution >= 4 is 24.0 Å². The van der Waals surface area contributed by atoms with E-state index in [0.29, 0.717) is 11.1 Å². The molecule has 2 rings (SSSR count). The van der Waals surface area contributed by atoms with Gasteiger partial charge in [0.1, 0.15) is 0 Å². The highest BCUT2D eigenvalue weighted by molar-refractivity contribution is 5.96. The number of phenolic OH excluding ortho intramolecular Hbond substituents is 2. The third-order valence-electron chi connectivity index (χ3n) is 3.57. The van der Waals surface area contributed by atoms with E-state index in [0.717, 1.165) is 0 Å². The van der Waals surface area contributed by atoms with Gasteiger partial charge in [0.15, 0.2) is 23.0 Å². The van der Waals surface area contributed by atoms with Crippen LogP contribution in [0, 0.1) is 0 Å². The highest BCUT2D eigenvalue weighted by atomic mass is 16.5. The molecule has 0 fully saturated rings. The molecule has 2 amide bonds. The topological polar surface area (TPSA) is 117 Å². The van der Waals surface area contributed by atoms with Crippen molar-refractivity contribution in [3.8, 4) is 23.0 Å². The lowest BCUT2D eigenvalue weighted by Crippen LogP contribution is -2.39. The molecule has 0 saturated carbocycles. The van der Waals surface area contributed by atoms with Crippen molar-refractivity contribution in [2.45, 2.75) is 0 Å². The van der Waals surface area contributed by atoms with Gasteiger partial charge in [0, 0.05) is 12.2 Å². The van der Waals surface area contributed by atoms with E-state index in [-0.39, 0.29) is 23.0 Å². The second-order valence-corrected chi connectivity index (χ2v) is 5.51. The molecule has 0 saturated heterocycles. The quantitative estimate of drug-likeness (QED) is 0.447. The van der Waals surface area contributed by atoms with Gasteiger partial charge in [0.05, 0.1) is 14.2 Å². The molecule has 0 unspecified atom stereocenters. The fourth-order valence-electron chi connectivity index (χ4n) is 2.15. The molecule has 0 radical (unpaired) electrons. The maximum Gasteiger partial charge on any atom is 0.262 e. The number of ether oxygens (including phenoxy) is 2. The largest absolute Gasteiger partial charge is 0.504 e. The molecular weight excluding hydrogens is 364 g/mol. The zero-order chi connectivity index (χ0) is 20.5. The minimum Gasteiger partial charge on any atom is -0.504 e. The molecule has 0 spiro atoms. The first-order valence-electron chi connectivity index (χ1n) is 8.13. The molecule has 2 aromatic rings. The molecule has 146 valence electrons. The SMILES string of the molecule is COc1cc(/C=C/C(=O)NNC(=O)/C=C/c2ccc(O)c(OC)c2)ccc1O. The van der Waals surface area contributed by atoms with Crippen LogP contribution in [0.15, 0.2) is 48.6 Å². The zero-order valence-corrected chi connectivity index (χ0v) is 15.3. The van der Waals surface area contributed by atoms with E-state index in [1.807, 2.05) is 0 Å². The van der Waals surface area contributed by atoms with Crippen molar-refractivity contribution in [1.29, 1.82) is 0 Å². The average Bonchev–Trinajstić information content (AvgIpc) is 2.70. The zero-order valence-electron chi connectivity index (χ0n) is 15.3. The fraction of sp³-hybridized carbons (Fsp3) is 0.100. The molecule has 2 aromatic carbocycles. The molecule has 0 atom stereocenters. The van der Waals surface area contributed by atoms with Gasteiger partial charge in [-0.05, 0) is 47.5 Å². The Bertz CT molecular complexity index is 845. The van der Waals surface area contributed by atoms with Gasteiger partial charge >= 0.3 is 0 Å². The standard InChI is InChI=1S/C20H20N2O6/c1-27-17-11-13(3-7-15(17)23)5-9-19(25)21-22-20(26)10-6-14-4-8-16(24)18(12-14)28-2/h3-12,23-24H,1-2H3,(H,21,25)(H,22,26)/b9-5+,10-6+. The van der Waals surface area contributed by atoms with Gasteiger partial charge in [-0.25, -0.2) is 0 Å². The molecule has 8 nitrogen and oxygen atoms in total. The Balaban J connectivity index is 1.87. The van der Waals surface area contributed by atoms with Crippen LogP contribution < -0.4 is 20.3 Å². The summed E-state index contributed by atoms with van der Waals surface area (Å²) in [5, 5.41) is 19.1. The normalized spacial score (nSPS) is 10.8. The molecule has 4 N–H and O–H groups in total. The summed E-state index contributed by atoms with van der Waals surface area (Å²) in [6.07, 6.45) is 5.45. The molecule has 0 aliphatic carbocycles. The van der Waals surface area contributed by atoms with Crippen molar-refractivity contribution in [2.75, 3.05) is 14.2 Å². The molecule has 0 heterocycles. The summed E-state index contributed by atoms with van der Waals surface area (Å²) in [6.45, 7) is 0. The number of carbonyl (C=O) groups is 2. The summed E-state index contributed by atoms with van der Waals surface area (Å²) in [7, 11) is 2.85. The first-order chi connectivity index (χ1) is 13.4. The maximum atomic E-state index is 11.8. The number of hydrogen-bond acceptors (Lipinski definition) is 6. The van der Waals surface area contributed by atoms with Gasteiger partial charge in [-0.3, -0.25) is 20.4 Å².